The number of nitrogens with one attached hydrogen (secondary N) is 1. The van der Waals surface area contributed by atoms with Gasteiger partial charge in [0.15, 0.2) is 0 Å². The number of halogens is 1. The fourth-order valence-corrected chi connectivity index (χ4v) is 3.30. The topological polar surface area (TPSA) is 24.9 Å². The number of thiophene rings is 1. The van der Waals surface area contributed by atoms with Gasteiger partial charge >= 0.3 is 0 Å². The van der Waals surface area contributed by atoms with E-state index in [1.54, 1.807) is 11.3 Å². The van der Waals surface area contributed by atoms with E-state index in [9.17, 15) is 0 Å². The number of likely N-dealkylation sites (N-methyl/N-ethyl adjacent to an activating group) is 1. The van der Waals surface area contributed by atoms with E-state index < -0.39 is 0 Å². The normalized spacial score (nSPS) is 12.6. The molecule has 2 aromatic rings. The van der Waals surface area contributed by atoms with Crippen LogP contribution in [-0.2, 0) is 6.42 Å². The summed E-state index contributed by atoms with van der Waals surface area (Å²) in [6.07, 6.45) is 4.76. The average molecular weight is 311 g/mol. The molecule has 0 aromatic carbocycles. The molecule has 1 N–H and O–H groups in total. The fourth-order valence-electron chi connectivity index (χ4n) is 1.80. The third kappa shape index (κ3) is 3.63. The highest BCUT2D eigenvalue weighted by atomic mass is 79.9. The molecule has 0 fully saturated rings. The van der Waals surface area contributed by atoms with Crippen LogP contribution < -0.4 is 5.32 Å². The van der Waals surface area contributed by atoms with Crippen LogP contribution in [0.3, 0.4) is 0 Å². The van der Waals surface area contributed by atoms with Crippen LogP contribution in [0.15, 0.2) is 40.4 Å². The van der Waals surface area contributed by atoms with Crippen molar-refractivity contribution in [2.24, 2.45) is 0 Å². The van der Waals surface area contributed by atoms with Gasteiger partial charge in [-0.25, -0.2) is 0 Å². The van der Waals surface area contributed by atoms with Gasteiger partial charge in [-0.3, -0.25) is 4.98 Å². The van der Waals surface area contributed by atoms with Gasteiger partial charge in [-0.15, -0.1) is 11.3 Å². The Hall–Kier alpha value is -0.710. The highest BCUT2D eigenvalue weighted by molar-refractivity contribution is 9.10. The van der Waals surface area contributed by atoms with Crippen molar-refractivity contribution in [3.63, 3.8) is 0 Å². The molecule has 0 bridgehead atoms. The van der Waals surface area contributed by atoms with Gasteiger partial charge in [0, 0.05) is 39.6 Å². The molecule has 0 spiro atoms. The quantitative estimate of drug-likeness (QED) is 0.908. The zero-order chi connectivity index (χ0) is 12.1. The summed E-state index contributed by atoms with van der Waals surface area (Å²) in [5.74, 6) is 0. The van der Waals surface area contributed by atoms with Gasteiger partial charge in [0.05, 0.1) is 0 Å². The third-order valence-corrected chi connectivity index (χ3v) is 4.28. The van der Waals surface area contributed by atoms with E-state index in [0.29, 0.717) is 6.04 Å². The molecule has 0 radical (unpaired) electrons. The van der Waals surface area contributed by atoms with Crippen molar-refractivity contribution in [1.29, 1.82) is 0 Å². The molecule has 1 atom stereocenters. The second-order valence-electron chi connectivity index (χ2n) is 3.83. The molecule has 2 rings (SSSR count). The Labute approximate surface area is 114 Å². The van der Waals surface area contributed by atoms with E-state index in [1.807, 2.05) is 18.5 Å². The lowest BCUT2D eigenvalue weighted by Gasteiger charge is -2.17. The molecule has 2 nitrogen and oxygen atoms in total. The maximum Gasteiger partial charge on any atom is 0.0384 e. The van der Waals surface area contributed by atoms with E-state index >= 15 is 0 Å². The Morgan fingerprint density at radius 1 is 1.53 bits per heavy atom. The van der Waals surface area contributed by atoms with Crippen LogP contribution in [0.4, 0.5) is 0 Å². The summed E-state index contributed by atoms with van der Waals surface area (Å²) >= 11 is 5.29. The van der Waals surface area contributed by atoms with Crippen LogP contribution in [0.25, 0.3) is 0 Å². The molecule has 4 heteroatoms. The molecular weight excluding hydrogens is 296 g/mol. The van der Waals surface area contributed by atoms with Gasteiger partial charge in [-0.05, 0) is 40.2 Å². The summed E-state index contributed by atoms with van der Waals surface area (Å²) in [6, 6.07) is 6.65. The second-order valence-corrected chi connectivity index (χ2v) is 5.74. The number of hydrogen-bond acceptors (Lipinski definition) is 3. The Bertz CT molecular complexity index is 455. The number of aromatic nitrogens is 1. The maximum atomic E-state index is 4.19. The molecule has 1 unspecified atom stereocenters. The van der Waals surface area contributed by atoms with Gasteiger partial charge in [0.2, 0.25) is 0 Å². The molecule has 17 heavy (non-hydrogen) atoms. The molecule has 0 saturated heterocycles. The first kappa shape index (κ1) is 12.7. The number of hydrogen-bond donors (Lipinski definition) is 1. The summed E-state index contributed by atoms with van der Waals surface area (Å²) in [6.45, 7) is 3.10. The molecule has 0 saturated carbocycles. The monoisotopic (exact) mass is 310 g/mol. The molecule has 0 amide bonds. The molecular formula is C13H15BrN2S. The first-order chi connectivity index (χ1) is 8.29. The van der Waals surface area contributed by atoms with E-state index in [2.05, 4.69) is 50.7 Å². The lowest BCUT2D eigenvalue weighted by molar-refractivity contribution is 0.551. The first-order valence-corrected chi connectivity index (χ1v) is 7.33. The van der Waals surface area contributed by atoms with Crippen LogP contribution >= 0.6 is 27.3 Å². The summed E-state index contributed by atoms with van der Waals surface area (Å²) in [4.78, 5) is 5.57. The first-order valence-electron chi connectivity index (χ1n) is 5.66. The third-order valence-electron chi connectivity index (χ3n) is 2.56. The summed E-state index contributed by atoms with van der Waals surface area (Å²) in [5, 5.41) is 5.63. The Morgan fingerprint density at radius 2 is 2.41 bits per heavy atom. The lowest BCUT2D eigenvalue weighted by atomic mass is 10.1. The van der Waals surface area contributed by atoms with E-state index in [-0.39, 0.29) is 0 Å². The van der Waals surface area contributed by atoms with Crippen LogP contribution in [-0.4, -0.2) is 11.5 Å². The minimum absolute atomic E-state index is 0.347. The lowest BCUT2D eigenvalue weighted by Crippen LogP contribution is -2.22. The van der Waals surface area contributed by atoms with Crippen LogP contribution in [0, 0.1) is 0 Å². The van der Waals surface area contributed by atoms with Crippen molar-refractivity contribution in [3.8, 4) is 0 Å². The number of pyridine rings is 1. The zero-order valence-electron chi connectivity index (χ0n) is 9.69. The smallest absolute Gasteiger partial charge is 0.0384 e. The highest BCUT2D eigenvalue weighted by Crippen LogP contribution is 2.25. The van der Waals surface area contributed by atoms with Gasteiger partial charge in [-0.2, -0.15) is 0 Å². The molecule has 90 valence electrons. The predicted molar refractivity (Wildman–Crippen MR) is 76.4 cm³/mol. The molecule has 0 aliphatic carbocycles. The van der Waals surface area contributed by atoms with Crippen molar-refractivity contribution in [2.45, 2.75) is 19.4 Å². The average Bonchev–Trinajstić information content (AvgIpc) is 2.75. The van der Waals surface area contributed by atoms with Crippen LogP contribution in [0.1, 0.15) is 23.4 Å². The van der Waals surface area contributed by atoms with Gasteiger partial charge in [0.25, 0.3) is 0 Å². The Kier molecular flexibility index (Phi) is 4.71. The van der Waals surface area contributed by atoms with Crippen molar-refractivity contribution >= 4 is 27.3 Å². The van der Waals surface area contributed by atoms with E-state index in [1.165, 1.54) is 14.9 Å². The van der Waals surface area contributed by atoms with Crippen molar-refractivity contribution in [1.82, 2.24) is 10.3 Å². The zero-order valence-corrected chi connectivity index (χ0v) is 12.1. The van der Waals surface area contributed by atoms with Crippen LogP contribution in [0.2, 0.25) is 0 Å². The maximum absolute atomic E-state index is 4.19. The van der Waals surface area contributed by atoms with E-state index in [4.69, 9.17) is 0 Å². The summed E-state index contributed by atoms with van der Waals surface area (Å²) in [7, 11) is 0. The molecule has 0 aliphatic heterocycles. The molecule has 0 aliphatic rings. The van der Waals surface area contributed by atoms with E-state index in [0.717, 1.165) is 13.0 Å². The Balaban J connectivity index is 2.13. The standard InChI is InChI=1S/C13H15BrN2S/c1-2-16-13(10-4-3-5-15-8-10)7-12-6-11(14)9-17-12/h3-6,8-9,13,16H,2,7H2,1H3. The highest BCUT2D eigenvalue weighted by Gasteiger charge is 2.12. The largest absolute Gasteiger partial charge is 0.310 e. The van der Waals surface area contributed by atoms with Crippen LogP contribution in [0.5, 0.6) is 0 Å². The molecule has 2 aromatic heterocycles. The Morgan fingerprint density at radius 3 is 3.00 bits per heavy atom. The van der Waals surface area contributed by atoms with Gasteiger partial charge < -0.3 is 5.32 Å². The summed E-state index contributed by atoms with van der Waals surface area (Å²) in [5.41, 5.74) is 1.25. The fraction of sp³-hybridized carbons (Fsp3) is 0.308. The minimum atomic E-state index is 0.347. The summed E-state index contributed by atoms with van der Waals surface area (Å²) < 4.78 is 1.17. The second kappa shape index (κ2) is 6.28. The van der Waals surface area contributed by atoms with Crippen molar-refractivity contribution < 1.29 is 0 Å². The van der Waals surface area contributed by atoms with Crippen molar-refractivity contribution in [3.05, 3.63) is 50.9 Å². The number of rotatable bonds is 5. The van der Waals surface area contributed by atoms with Crippen molar-refractivity contribution in [2.75, 3.05) is 6.54 Å². The minimum Gasteiger partial charge on any atom is -0.310 e. The SMILES string of the molecule is CCNC(Cc1cc(Br)cs1)c1cccnc1. The van der Waals surface area contributed by atoms with Gasteiger partial charge in [-0.1, -0.05) is 13.0 Å². The van der Waals surface area contributed by atoms with Gasteiger partial charge in [0.1, 0.15) is 0 Å². The number of nitrogens with zero attached hydrogens (tertiary/aromatic N) is 1. The molecule has 2 heterocycles. The predicted octanol–water partition coefficient (Wildman–Crippen LogP) is 3.80.